The molecule has 2 N–H and O–H groups in total. The van der Waals surface area contributed by atoms with Gasteiger partial charge in [-0.25, -0.2) is 4.79 Å². The van der Waals surface area contributed by atoms with Crippen LogP contribution in [-0.4, -0.2) is 23.4 Å². The molecule has 0 spiro atoms. The lowest BCUT2D eigenvalue weighted by molar-refractivity contribution is -0.187. The van der Waals surface area contributed by atoms with Gasteiger partial charge in [-0.3, -0.25) is 0 Å². The molecule has 3 aromatic carbocycles. The summed E-state index contributed by atoms with van der Waals surface area (Å²) in [7, 11) is 0. The van der Waals surface area contributed by atoms with E-state index < -0.39 is 23.8 Å². The van der Waals surface area contributed by atoms with Gasteiger partial charge in [-0.2, -0.15) is 13.2 Å². The van der Waals surface area contributed by atoms with Crippen LogP contribution >= 0.6 is 11.6 Å². The molecule has 35 heavy (non-hydrogen) atoms. The first kappa shape index (κ1) is 26.3. The lowest BCUT2D eigenvalue weighted by atomic mass is 9.99. The van der Waals surface area contributed by atoms with E-state index in [4.69, 9.17) is 21.4 Å². The molecule has 1 heterocycles. The SMILES string of the molecule is C[C@H](NCc1ccccc1)c1ccccc1.Cc1cc(Cl)cc2c1O[C@H](C(F)(F)F)C(C(=O)O)=C2. The predicted molar refractivity (Wildman–Crippen MR) is 130 cm³/mol. The Morgan fingerprint density at radius 2 is 1.69 bits per heavy atom. The van der Waals surface area contributed by atoms with Crippen LogP contribution in [0.1, 0.15) is 35.2 Å². The third-order valence-electron chi connectivity index (χ3n) is 5.40. The summed E-state index contributed by atoms with van der Waals surface area (Å²) in [4.78, 5) is 10.9. The number of aliphatic carboxylic acids is 1. The average Bonchev–Trinajstić information content (AvgIpc) is 2.82. The number of rotatable bonds is 5. The maximum Gasteiger partial charge on any atom is 0.430 e. The zero-order valence-electron chi connectivity index (χ0n) is 19.1. The molecule has 0 bridgehead atoms. The minimum Gasteiger partial charge on any atom is -0.478 e. The van der Waals surface area contributed by atoms with E-state index in [-0.39, 0.29) is 11.3 Å². The first-order valence-electron chi connectivity index (χ1n) is 10.9. The van der Waals surface area contributed by atoms with Crippen LogP contribution in [0.2, 0.25) is 5.02 Å². The van der Waals surface area contributed by atoms with Gasteiger partial charge in [-0.15, -0.1) is 0 Å². The van der Waals surface area contributed by atoms with Gasteiger partial charge >= 0.3 is 12.1 Å². The maximum atomic E-state index is 12.8. The molecule has 4 rings (SSSR count). The Labute approximate surface area is 207 Å². The summed E-state index contributed by atoms with van der Waals surface area (Å²) in [6, 6.07) is 24.2. The van der Waals surface area contributed by atoms with Crippen LogP contribution in [0.4, 0.5) is 13.2 Å². The van der Waals surface area contributed by atoms with E-state index in [9.17, 15) is 18.0 Å². The van der Waals surface area contributed by atoms with E-state index >= 15 is 0 Å². The second-order valence-electron chi connectivity index (χ2n) is 8.08. The molecule has 1 aliphatic heterocycles. The van der Waals surface area contributed by atoms with Gasteiger partial charge in [0.05, 0.1) is 5.57 Å². The number of alkyl halides is 3. The van der Waals surface area contributed by atoms with Crippen molar-refractivity contribution in [1.29, 1.82) is 0 Å². The number of benzene rings is 3. The molecule has 0 aromatic heterocycles. The Hall–Kier alpha value is -3.29. The number of aryl methyl sites for hydroxylation is 1. The maximum absolute atomic E-state index is 12.8. The van der Waals surface area contributed by atoms with E-state index in [0.29, 0.717) is 16.6 Å². The van der Waals surface area contributed by atoms with E-state index in [2.05, 4.69) is 60.8 Å². The monoisotopic (exact) mass is 503 g/mol. The summed E-state index contributed by atoms with van der Waals surface area (Å²) in [5.41, 5.74) is 2.44. The molecule has 4 nitrogen and oxygen atoms in total. The molecule has 8 heteroatoms. The fraction of sp³-hybridized carbons (Fsp3) is 0.222. The molecule has 0 saturated carbocycles. The fourth-order valence-electron chi connectivity index (χ4n) is 3.59. The number of carboxylic acid groups (broad SMARTS) is 1. The van der Waals surface area contributed by atoms with E-state index in [1.807, 2.05) is 12.1 Å². The minimum absolute atomic E-state index is 0.00303. The molecule has 2 atom stereocenters. The van der Waals surface area contributed by atoms with Gasteiger partial charge in [-0.1, -0.05) is 72.3 Å². The first-order valence-corrected chi connectivity index (χ1v) is 11.2. The highest BCUT2D eigenvalue weighted by Crippen LogP contribution is 2.40. The van der Waals surface area contributed by atoms with E-state index in [0.717, 1.165) is 12.6 Å². The number of hydrogen-bond donors (Lipinski definition) is 2. The summed E-state index contributed by atoms with van der Waals surface area (Å²) in [6.45, 7) is 4.65. The molecule has 0 fully saturated rings. The second-order valence-corrected chi connectivity index (χ2v) is 8.52. The summed E-state index contributed by atoms with van der Waals surface area (Å²) >= 11 is 5.78. The summed E-state index contributed by atoms with van der Waals surface area (Å²) in [6.07, 6.45) is -6.33. The average molecular weight is 504 g/mol. The van der Waals surface area contributed by atoms with Crippen LogP contribution in [0, 0.1) is 6.92 Å². The quantitative estimate of drug-likeness (QED) is 0.394. The van der Waals surface area contributed by atoms with Crippen LogP contribution in [0.25, 0.3) is 6.08 Å². The summed E-state index contributed by atoms with van der Waals surface area (Å²) < 4.78 is 43.2. The third-order valence-corrected chi connectivity index (χ3v) is 5.61. The van der Waals surface area contributed by atoms with Crippen molar-refractivity contribution in [2.45, 2.75) is 38.7 Å². The van der Waals surface area contributed by atoms with Crippen LogP contribution < -0.4 is 10.1 Å². The summed E-state index contributed by atoms with van der Waals surface area (Å²) in [5.74, 6) is -1.68. The Bertz CT molecular complexity index is 1180. The molecule has 0 radical (unpaired) electrons. The number of carboxylic acids is 1. The van der Waals surface area contributed by atoms with Crippen molar-refractivity contribution >= 4 is 23.6 Å². The molecule has 0 unspecified atom stereocenters. The number of hydrogen-bond acceptors (Lipinski definition) is 3. The van der Waals surface area contributed by atoms with E-state index in [1.165, 1.54) is 30.2 Å². The zero-order chi connectivity index (χ0) is 25.6. The normalized spacial score (nSPS) is 15.6. The van der Waals surface area contributed by atoms with E-state index in [1.54, 1.807) is 0 Å². The van der Waals surface area contributed by atoms with Crippen molar-refractivity contribution in [2.24, 2.45) is 0 Å². The first-order chi connectivity index (χ1) is 16.6. The minimum atomic E-state index is -4.80. The second kappa shape index (κ2) is 11.4. The molecule has 3 aromatic rings. The molecular formula is C27H25ClF3NO3. The highest BCUT2D eigenvalue weighted by molar-refractivity contribution is 6.30. The zero-order valence-corrected chi connectivity index (χ0v) is 19.9. The molecule has 0 amide bonds. The van der Waals surface area contributed by atoms with Gasteiger partial charge in [-0.05, 0) is 48.7 Å². The largest absolute Gasteiger partial charge is 0.478 e. The highest BCUT2D eigenvalue weighted by Gasteiger charge is 2.48. The van der Waals surface area contributed by atoms with Crippen LogP contribution in [0.3, 0.4) is 0 Å². The number of carbonyl (C=O) groups is 1. The Morgan fingerprint density at radius 3 is 2.26 bits per heavy atom. The highest BCUT2D eigenvalue weighted by atomic mass is 35.5. The lowest BCUT2D eigenvalue weighted by Gasteiger charge is -2.28. The summed E-state index contributed by atoms with van der Waals surface area (Å²) in [5, 5.41) is 12.7. The molecule has 184 valence electrons. The van der Waals surface area contributed by atoms with Crippen LogP contribution in [-0.2, 0) is 11.3 Å². The van der Waals surface area contributed by atoms with Crippen LogP contribution in [0.5, 0.6) is 5.75 Å². The Balaban J connectivity index is 0.000000198. The van der Waals surface area contributed by atoms with Crippen molar-refractivity contribution in [2.75, 3.05) is 0 Å². The number of halogens is 4. The predicted octanol–water partition coefficient (Wildman–Crippen LogP) is 6.98. The third kappa shape index (κ3) is 7.10. The van der Waals surface area contributed by atoms with Gasteiger partial charge < -0.3 is 15.2 Å². The topological polar surface area (TPSA) is 58.6 Å². The Kier molecular flexibility index (Phi) is 8.59. The molecule has 0 aliphatic carbocycles. The van der Waals surface area contributed by atoms with Crippen molar-refractivity contribution in [1.82, 2.24) is 5.32 Å². The van der Waals surface area contributed by atoms with Gasteiger partial charge in [0.2, 0.25) is 6.10 Å². The lowest BCUT2D eigenvalue weighted by Crippen LogP contribution is -2.40. The number of nitrogens with one attached hydrogen (secondary N) is 1. The Morgan fingerprint density at radius 1 is 1.09 bits per heavy atom. The van der Waals surface area contributed by atoms with Gasteiger partial charge in [0.1, 0.15) is 5.75 Å². The van der Waals surface area contributed by atoms with Crippen molar-refractivity contribution in [3.05, 3.63) is 106 Å². The standard InChI is InChI=1S/C15H17N.C12H8ClF3O3/c1-13(15-10-6-3-7-11-15)16-12-14-8-4-2-5-9-14;1-5-2-7(13)3-6-4-8(11(17)18)10(12(14,15)16)19-9(5)6/h2-11,13,16H,12H2,1H3;2-4,10H,1H3,(H,17,18)/t13-;10-/m00/s1. The molecule has 0 saturated heterocycles. The van der Waals surface area contributed by atoms with Gasteiger partial charge in [0, 0.05) is 23.2 Å². The molecule has 1 aliphatic rings. The van der Waals surface area contributed by atoms with Crippen LogP contribution in [0.15, 0.2) is 78.4 Å². The number of ether oxygens (including phenoxy) is 1. The fourth-order valence-corrected chi connectivity index (χ4v) is 3.87. The smallest absolute Gasteiger partial charge is 0.430 e. The van der Waals surface area contributed by atoms with Crippen molar-refractivity contribution in [3.8, 4) is 5.75 Å². The van der Waals surface area contributed by atoms with Crippen molar-refractivity contribution in [3.63, 3.8) is 0 Å². The van der Waals surface area contributed by atoms with Gasteiger partial charge in [0.25, 0.3) is 0 Å². The molecular weight excluding hydrogens is 479 g/mol. The number of fused-ring (bicyclic) bond motifs is 1. The van der Waals surface area contributed by atoms with Crippen molar-refractivity contribution < 1.29 is 27.8 Å². The van der Waals surface area contributed by atoms with Gasteiger partial charge in [0.15, 0.2) is 0 Å².